The number of methoxy groups -OCH3 is 1. The Balaban J connectivity index is 2.36. The van der Waals surface area contributed by atoms with E-state index < -0.39 is 11.7 Å². The molecule has 0 aliphatic carbocycles. The molecule has 3 aromatic rings. The molecule has 5 heteroatoms. The Morgan fingerprint density at radius 2 is 1.64 bits per heavy atom. The van der Waals surface area contributed by atoms with Gasteiger partial charge in [0.05, 0.1) is 23.9 Å². The summed E-state index contributed by atoms with van der Waals surface area (Å²) in [5, 5.41) is 0.452. The molecule has 1 aromatic heterocycles. The Hall–Kier alpha value is -2.56. The minimum atomic E-state index is -4.49. The lowest BCUT2D eigenvalue weighted by Crippen LogP contribution is -2.09. The van der Waals surface area contributed by atoms with Crippen LogP contribution in [0, 0.1) is 0 Å². The van der Waals surface area contributed by atoms with E-state index in [-0.39, 0.29) is 5.69 Å². The van der Waals surface area contributed by atoms with Crippen LogP contribution in [0.2, 0.25) is 0 Å². The van der Waals surface area contributed by atoms with Crippen LogP contribution in [0.1, 0.15) is 5.56 Å². The zero-order valence-electron chi connectivity index (χ0n) is 11.7. The normalized spacial score (nSPS) is 11.6. The van der Waals surface area contributed by atoms with Gasteiger partial charge in [-0.2, -0.15) is 13.2 Å². The molecule has 0 saturated heterocycles. The number of aromatic nitrogens is 1. The van der Waals surface area contributed by atoms with E-state index in [9.17, 15) is 13.2 Å². The average molecular weight is 303 g/mol. The number of benzene rings is 2. The third kappa shape index (κ3) is 2.50. The molecule has 0 saturated carbocycles. The highest BCUT2D eigenvalue weighted by Crippen LogP contribution is 2.40. The molecule has 0 fully saturated rings. The number of para-hydroxylation sites is 2. The number of nitrogens with zero attached hydrogens (tertiary/aromatic N) is 1. The molecule has 0 radical (unpaired) electrons. The van der Waals surface area contributed by atoms with Crippen molar-refractivity contribution in [2.24, 2.45) is 0 Å². The fourth-order valence-corrected chi connectivity index (χ4v) is 2.38. The van der Waals surface area contributed by atoms with E-state index in [0.29, 0.717) is 22.2 Å². The number of pyridine rings is 1. The molecule has 3 rings (SSSR count). The fraction of sp³-hybridized carbons (Fsp3) is 0.118. The third-order valence-corrected chi connectivity index (χ3v) is 3.39. The monoisotopic (exact) mass is 303 g/mol. The number of ether oxygens (including phenoxy) is 1. The molecule has 0 amide bonds. The number of halogens is 3. The van der Waals surface area contributed by atoms with E-state index in [1.807, 2.05) is 0 Å². The van der Waals surface area contributed by atoms with Crippen molar-refractivity contribution < 1.29 is 17.9 Å². The van der Waals surface area contributed by atoms with Gasteiger partial charge in [0.2, 0.25) is 0 Å². The second-order valence-corrected chi connectivity index (χ2v) is 4.78. The van der Waals surface area contributed by atoms with Crippen LogP contribution in [-0.4, -0.2) is 12.1 Å². The van der Waals surface area contributed by atoms with Crippen molar-refractivity contribution in [2.75, 3.05) is 7.11 Å². The van der Waals surface area contributed by atoms with Gasteiger partial charge >= 0.3 is 6.18 Å². The summed E-state index contributed by atoms with van der Waals surface area (Å²) in [5.41, 5.74) is -0.0566. The molecule has 1 heterocycles. The molecule has 22 heavy (non-hydrogen) atoms. The molecular formula is C17H12F3NO. The topological polar surface area (TPSA) is 22.1 Å². The predicted octanol–water partition coefficient (Wildman–Crippen LogP) is 4.93. The van der Waals surface area contributed by atoms with Gasteiger partial charge < -0.3 is 4.74 Å². The zero-order valence-corrected chi connectivity index (χ0v) is 11.7. The minimum absolute atomic E-state index is 0.122. The molecule has 0 unspecified atom stereocenters. The van der Waals surface area contributed by atoms with Crippen LogP contribution in [-0.2, 0) is 6.18 Å². The summed E-state index contributed by atoms with van der Waals surface area (Å²) < 4.78 is 45.4. The summed E-state index contributed by atoms with van der Waals surface area (Å²) in [6.07, 6.45) is -4.49. The first kappa shape index (κ1) is 14.4. The van der Waals surface area contributed by atoms with Crippen LogP contribution in [0.4, 0.5) is 13.2 Å². The van der Waals surface area contributed by atoms with Gasteiger partial charge in [0.15, 0.2) is 0 Å². The Kier molecular flexibility index (Phi) is 3.48. The van der Waals surface area contributed by atoms with Gasteiger partial charge in [-0.05, 0) is 24.3 Å². The van der Waals surface area contributed by atoms with Crippen LogP contribution in [0.25, 0.3) is 22.2 Å². The molecule has 0 bridgehead atoms. The van der Waals surface area contributed by atoms with Crippen molar-refractivity contribution in [1.29, 1.82) is 0 Å². The second-order valence-electron chi connectivity index (χ2n) is 4.78. The molecule has 0 aliphatic rings. The van der Waals surface area contributed by atoms with E-state index >= 15 is 0 Å². The minimum Gasteiger partial charge on any atom is -0.496 e. The highest BCUT2D eigenvalue weighted by Gasteiger charge is 2.35. The molecule has 0 N–H and O–H groups in total. The lowest BCUT2D eigenvalue weighted by Gasteiger charge is -2.15. The standard InChI is InChI=1S/C17H12F3NO/c1-22-15-9-5-3-7-12(15)16-13(17(18,19)20)10-11-6-2-4-8-14(11)21-16/h2-10H,1H3. The number of fused-ring (bicyclic) bond motifs is 1. The molecule has 112 valence electrons. The van der Waals surface area contributed by atoms with Crippen molar-refractivity contribution in [3.63, 3.8) is 0 Å². The molecule has 0 atom stereocenters. The van der Waals surface area contributed by atoms with E-state index in [1.54, 1.807) is 48.5 Å². The highest BCUT2D eigenvalue weighted by molar-refractivity contribution is 5.84. The Bertz CT molecular complexity index is 827. The van der Waals surface area contributed by atoms with Gasteiger partial charge in [-0.15, -0.1) is 0 Å². The first-order chi connectivity index (χ1) is 10.5. The van der Waals surface area contributed by atoms with Crippen molar-refractivity contribution in [3.8, 4) is 17.0 Å². The summed E-state index contributed by atoms with van der Waals surface area (Å²) in [6.45, 7) is 0. The summed E-state index contributed by atoms with van der Waals surface area (Å²) >= 11 is 0. The van der Waals surface area contributed by atoms with Crippen molar-refractivity contribution in [1.82, 2.24) is 4.98 Å². The van der Waals surface area contributed by atoms with Gasteiger partial charge in [-0.3, -0.25) is 0 Å². The maximum absolute atomic E-state index is 13.4. The average Bonchev–Trinajstić information content (AvgIpc) is 2.52. The second kappa shape index (κ2) is 5.33. The van der Waals surface area contributed by atoms with Crippen LogP contribution in [0.3, 0.4) is 0 Å². The highest BCUT2D eigenvalue weighted by atomic mass is 19.4. The first-order valence-electron chi connectivity index (χ1n) is 6.61. The predicted molar refractivity (Wildman–Crippen MR) is 78.7 cm³/mol. The van der Waals surface area contributed by atoms with Gasteiger partial charge in [-0.1, -0.05) is 30.3 Å². The van der Waals surface area contributed by atoms with E-state index in [4.69, 9.17) is 4.74 Å². The fourth-order valence-electron chi connectivity index (χ4n) is 2.38. The smallest absolute Gasteiger partial charge is 0.418 e. The zero-order chi connectivity index (χ0) is 15.7. The Morgan fingerprint density at radius 1 is 0.955 bits per heavy atom. The summed E-state index contributed by atoms with van der Waals surface area (Å²) in [4.78, 5) is 4.22. The lowest BCUT2D eigenvalue weighted by molar-refractivity contribution is -0.137. The van der Waals surface area contributed by atoms with E-state index in [0.717, 1.165) is 6.07 Å². The SMILES string of the molecule is COc1ccccc1-c1nc2ccccc2cc1C(F)(F)F. The summed E-state index contributed by atoms with van der Waals surface area (Å²) in [7, 11) is 1.42. The van der Waals surface area contributed by atoms with Gasteiger partial charge in [0.25, 0.3) is 0 Å². The molecular weight excluding hydrogens is 291 g/mol. The third-order valence-electron chi connectivity index (χ3n) is 3.39. The number of hydrogen-bond acceptors (Lipinski definition) is 2. The molecule has 0 spiro atoms. The largest absolute Gasteiger partial charge is 0.496 e. The molecule has 2 aromatic carbocycles. The number of hydrogen-bond donors (Lipinski definition) is 0. The van der Waals surface area contributed by atoms with Crippen LogP contribution < -0.4 is 4.74 Å². The molecule has 2 nitrogen and oxygen atoms in total. The van der Waals surface area contributed by atoms with Gasteiger partial charge in [0.1, 0.15) is 5.75 Å². The van der Waals surface area contributed by atoms with Gasteiger partial charge in [0, 0.05) is 10.9 Å². The number of alkyl halides is 3. The van der Waals surface area contributed by atoms with Crippen molar-refractivity contribution in [2.45, 2.75) is 6.18 Å². The maximum Gasteiger partial charge on any atom is 0.418 e. The Morgan fingerprint density at radius 3 is 2.36 bits per heavy atom. The lowest BCUT2D eigenvalue weighted by atomic mass is 10.0. The van der Waals surface area contributed by atoms with Crippen LogP contribution >= 0.6 is 0 Å². The van der Waals surface area contributed by atoms with Crippen LogP contribution in [0.15, 0.2) is 54.6 Å². The summed E-state index contributed by atoms with van der Waals surface area (Å²) in [5.74, 6) is 0.357. The quantitative estimate of drug-likeness (QED) is 0.669. The number of rotatable bonds is 2. The van der Waals surface area contributed by atoms with Crippen LogP contribution in [0.5, 0.6) is 5.75 Å². The van der Waals surface area contributed by atoms with Gasteiger partial charge in [-0.25, -0.2) is 4.98 Å². The first-order valence-corrected chi connectivity index (χ1v) is 6.61. The molecule has 0 aliphatic heterocycles. The summed E-state index contributed by atoms with van der Waals surface area (Å²) in [6, 6.07) is 14.4. The van der Waals surface area contributed by atoms with E-state index in [2.05, 4.69) is 4.98 Å². The van der Waals surface area contributed by atoms with E-state index in [1.165, 1.54) is 7.11 Å². The van der Waals surface area contributed by atoms with Crippen molar-refractivity contribution >= 4 is 10.9 Å². The maximum atomic E-state index is 13.4. The van der Waals surface area contributed by atoms with Crippen molar-refractivity contribution in [3.05, 3.63) is 60.2 Å². The Labute approximate surface area is 125 Å².